The number of aliphatic hydroxyl groups excluding tert-OH is 1. The molecule has 0 spiro atoms. The number of hydrogen-bond acceptors (Lipinski definition) is 4. The second-order valence-corrected chi connectivity index (χ2v) is 8.40. The van der Waals surface area contributed by atoms with Crippen molar-refractivity contribution in [2.75, 3.05) is 32.7 Å². The first kappa shape index (κ1) is 27.4. The minimum atomic E-state index is -0.0639. The molecular weight excluding hydrogens is 428 g/mol. The van der Waals surface area contributed by atoms with Crippen LogP contribution < -0.4 is 5.69 Å². The SMILES string of the molecule is C=C(/C=C\O)CN1CCC(C(=O)N2CCC(n3c(=O)[nH]c4ccccc43)CC2)CC1.CC.CC. The molecule has 34 heavy (non-hydrogen) atoms. The van der Waals surface area contributed by atoms with E-state index in [1.54, 1.807) is 6.08 Å². The molecule has 2 aliphatic rings. The maximum absolute atomic E-state index is 13.0. The van der Waals surface area contributed by atoms with Crippen molar-refractivity contribution >= 4 is 16.9 Å². The van der Waals surface area contributed by atoms with Gasteiger partial charge in [0, 0.05) is 31.6 Å². The lowest BCUT2D eigenvalue weighted by Gasteiger charge is -2.37. The Labute approximate surface area is 203 Å². The second kappa shape index (κ2) is 13.8. The van der Waals surface area contributed by atoms with Crippen molar-refractivity contribution in [1.82, 2.24) is 19.4 Å². The van der Waals surface area contributed by atoms with E-state index in [4.69, 9.17) is 5.11 Å². The Bertz CT molecular complexity index is 991. The first-order valence-corrected chi connectivity index (χ1v) is 12.8. The second-order valence-electron chi connectivity index (χ2n) is 8.40. The average molecular weight is 471 g/mol. The summed E-state index contributed by atoms with van der Waals surface area (Å²) in [5.74, 6) is 0.337. The molecule has 2 aliphatic heterocycles. The molecule has 2 saturated heterocycles. The number of aromatic amines is 1. The molecule has 0 atom stereocenters. The van der Waals surface area contributed by atoms with Gasteiger partial charge in [0.25, 0.3) is 0 Å². The van der Waals surface area contributed by atoms with Gasteiger partial charge in [-0.1, -0.05) is 46.4 Å². The van der Waals surface area contributed by atoms with Gasteiger partial charge in [0.2, 0.25) is 5.91 Å². The molecule has 7 nitrogen and oxygen atoms in total. The van der Waals surface area contributed by atoms with Crippen molar-refractivity contribution in [2.24, 2.45) is 5.92 Å². The summed E-state index contributed by atoms with van der Waals surface area (Å²) < 4.78 is 1.86. The summed E-state index contributed by atoms with van der Waals surface area (Å²) in [7, 11) is 0. The number of piperidine rings is 2. The molecule has 2 N–H and O–H groups in total. The molecule has 0 bridgehead atoms. The summed E-state index contributed by atoms with van der Waals surface area (Å²) in [4.78, 5) is 32.7. The van der Waals surface area contributed by atoms with Crippen LogP contribution in [0.15, 0.2) is 53.6 Å². The maximum Gasteiger partial charge on any atom is 0.326 e. The number of nitrogens with zero attached hydrogens (tertiary/aromatic N) is 3. The van der Waals surface area contributed by atoms with Gasteiger partial charge in [-0.25, -0.2) is 4.79 Å². The molecule has 188 valence electrons. The number of imidazole rings is 1. The van der Waals surface area contributed by atoms with Crippen molar-refractivity contribution < 1.29 is 9.90 Å². The Balaban J connectivity index is 0.000000970. The van der Waals surface area contributed by atoms with E-state index in [0.29, 0.717) is 13.1 Å². The zero-order valence-electron chi connectivity index (χ0n) is 21.3. The molecule has 4 rings (SSSR count). The Hall–Kier alpha value is -2.80. The summed E-state index contributed by atoms with van der Waals surface area (Å²) in [5, 5.41) is 8.84. The fourth-order valence-electron chi connectivity index (χ4n) is 4.82. The van der Waals surface area contributed by atoms with E-state index in [9.17, 15) is 9.59 Å². The van der Waals surface area contributed by atoms with Crippen LogP contribution in [0.3, 0.4) is 0 Å². The number of carbonyl (C=O) groups is 1. The lowest BCUT2D eigenvalue weighted by Crippen LogP contribution is -2.46. The third-order valence-electron chi connectivity index (χ3n) is 6.44. The van der Waals surface area contributed by atoms with E-state index in [0.717, 1.165) is 68.2 Å². The van der Waals surface area contributed by atoms with Gasteiger partial charge in [0.05, 0.1) is 17.3 Å². The number of carbonyl (C=O) groups excluding carboxylic acids is 1. The van der Waals surface area contributed by atoms with Gasteiger partial charge in [-0.2, -0.15) is 0 Å². The zero-order valence-corrected chi connectivity index (χ0v) is 21.3. The third kappa shape index (κ3) is 6.63. The van der Waals surface area contributed by atoms with Crippen LogP contribution in [0, 0.1) is 5.92 Å². The van der Waals surface area contributed by atoms with E-state index >= 15 is 0 Å². The standard InChI is InChI=1S/C23H30N4O3.2C2H6/c1-17(10-15-28)16-25-11-6-18(7-12-25)22(29)26-13-8-19(9-14-26)27-21-5-3-2-4-20(21)24-23(27)30;2*1-2/h2-5,10,15,18-19,28H,1,6-9,11-14,16H2,(H,24,30);2*1-2H3/b15-10-;;. The first-order chi connectivity index (χ1) is 16.6. The highest BCUT2D eigenvalue weighted by atomic mass is 16.2. The van der Waals surface area contributed by atoms with Crippen molar-refractivity contribution in [3.63, 3.8) is 0 Å². The number of para-hydroxylation sites is 2. The fourth-order valence-corrected chi connectivity index (χ4v) is 4.82. The summed E-state index contributed by atoms with van der Waals surface area (Å²) in [5.41, 5.74) is 2.62. The number of benzene rings is 1. The lowest BCUT2D eigenvalue weighted by atomic mass is 9.93. The summed E-state index contributed by atoms with van der Waals surface area (Å²) in [6.45, 7) is 15.8. The minimum absolute atomic E-state index is 0.0639. The Morgan fingerprint density at radius 2 is 1.68 bits per heavy atom. The van der Waals surface area contributed by atoms with Crippen LogP contribution >= 0.6 is 0 Å². The van der Waals surface area contributed by atoms with Gasteiger partial charge < -0.3 is 15.0 Å². The van der Waals surface area contributed by atoms with Gasteiger partial charge in [0.1, 0.15) is 0 Å². The molecule has 0 unspecified atom stereocenters. The summed E-state index contributed by atoms with van der Waals surface area (Å²) >= 11 is 0. The predicted octanol–water partition coefficient (Wildman–Crippen LogP) is 4.89. The molecule has 7 heteroatoms. The summed E-state index contributed by atoms with van der Waals surface area (Å²) in [6, 6.07) is 7.91. The molecule has 2 aromatic rings. The Morgan fingerprint density at radius 1 is 1.06 bits per heavy atom. The number of hydrogen-bond donors (Lipinski definition) is 2. The van der Waals surface area contributed by atoms with E-state index < -0.39 is 0 Å². The monoisotopic (exact) mass is 470 g/mol. The molecule has 0 saturated carbocycles. The number of rotatable bonds is 5. The molecule has 0 radical (unpaired) electrons. The number of likely N-dealkylation sites (tertiary alicyclic amines) is 2. The number of fused-ring (bicyclic) bond motifs is 1. The fraction of sp³-hybridized carbons (Fsp3) is 0.556. The van der Waals surface area contributed by atoms with E-state index in [1.807, 2.05) is 61.4 Å². The molecule has 2 fully saturated rings. The van der Waals surface area contributed by atoms with Crippen LogP contribution in [0.1, 0.15) is 59.4 Å². The largest absolute Gasteiger partial charge is 0.516 e. The van der Waals surface area contributed by atoms with Gasteiger partial charge in [-0.15, -0.1) is 0 Å². The normalized spacial score (nSPS) is 17.7. The van der Waals surface area contributed by atoms with Gasteiger partial charge in [0.15, 0.2) is 0 Å². The average Bonchev–Trinajstić information content (AvgIpc) is 3.22. The number of amides is 1. The highest BCUT2D eigenvalue weighted by Crippen LogP contribution is 2.27. The smallest absolute Gasteiger partial charge is 0.326 e. The molecule has 1 aromatic carbocycles. The van der Waals surface area contributed by atoms with E-state index in [2.05, 4.69) is 16.5 Å². The molecule has 3 heterocycles. The van der Waals surface area contributed by atoms with Crippen LogP contribution in [-0.2, 0) is 4.79 Å². The van der Waals surface area contributed by atoms with Crippen LogP contribution in [-0.4, -0.2) is 63.1 Å². The van der Waals surface area contributed by atoms with Crippen LogP contribution in [0.4, 0.5) is 0 Å². The molecule has 0 aliphatic carbocycles. The maximum atomic E-state index is 13.0. The highest BCUT2D eigenvalue weighted by molar-refractivity contribution is 5.79. The first-order valence-electron chi connectivity index (χ1n) is 12.8. The Kier molecular flexibility index (Phi) is 11.1. The Morgan fingerprint density at radius 3 is 2.29 bits per heavy atom. The lowest BCUT2D eigenvalue weighted by molar-refractivity contribution is -0.138. The number of aliphatic hydroxyl groups is 1. The molecular formula is C27H42N4O3. The zero-order chi connectivity index (χ0) is 25.1. The van der Waals surface area contributed by atoms with E-state index in [1.165, 1.54) is 0 Å². The van der Waals surface area contributed by atoms with Crippen molar-refractivity contribution in [2.45, 2.75) is 59.4 Å². The van der Waals surface area contributed by atoms with Gasteiger partial charge in [-0.05, 0) is 62.6 Å². The number of nitrogens with one attached hydrogen (secondary N) is 1. The molecule has 1 amide bonds. The predicted molar refractivity (Wildman–Crippen MR) is 140 cm³/mol. The molecule has 1 aromatic heterocycles. The topological polar surface area (TPSA) is 81.6 Å². The minimum Gasteiger partial charge on any atom is -0.516 e. The number of H-pyrrole nitrogens is 1. The summed E-state index contributed by atoms with van der Waals surface area (Å²) in [6.07, 6.45) is 5.96. The van der Waals surface area contributed by atoms with E-state index in [-0.39, 0.29) is 23.6 Å². The van der Waals surface area contributed by atoms with Crippen LogP contribution in [0.5, 0.6) is 0 Å². The van der Waals surface area contributed by atoms with Crippen LogP contribution in [0.25, 0.3) is 11.0 Å². The van der Waals surface area contributed by atoms with Gasteiger partial charge >= 0.3 is 5.69 Å². The third-order valence-corrected chi connectivity index (χ3v) is 6.44. The van der Waals surface area contributed by atoms with Crippen molar-refractivity contribution in [1.29, 1.82) is 0 Å². The van der Waals surface area contributed by atoms with Crippen molar-refractivity contribution in [3.8, 4) is 0 Å². The highest BCUT2D eigenvalue weighted by Gasteiger charge is 2.32. The van der Waals surface area contributed by atoms with Crippen molar-refractivity contribution in [3.05, 3.63) is 59.2 Å². The quantitative estimate of drug-likeness (QED) is 0.482. The number of aromatic nitrogens is 2. The van der Waals surface area contributed by atoms with Gasteiger partial charge in [-0.3, -0.25) is 14.3 Å². The van der Waals surface area contributed by atoms with Crippen LogP contribution in [0.2, 0.25) is 0 Å².